The van der Waals surface area contributed by atoms with Crippen molar-refractivity contribution in [2.75, 3.05) is 31.1 Å². The van der Waals surface area contributed by atoms with Gasteiger partial charge in [-0.25, -0.2) is 8.78 Å². The van der Waals surface area contributed by atoms with Gasteiger partial charge in [0.2, 0.25) is 0 Å². The van der Waals surface area contributed by atoms with Crippen LogP contribution in [0.1, 0.15) is 19.4 Å². The zero-order valence-electron chi connectivity index (χ0n) is 10.6. The molecule has 0 radical (unpaired) electrons. The van der Waals surface area contributed by atoms with Crippen LogP contribution in [0.3, 0.4) is 0 Å². The summed E-state index contributed by atoms with van der Waals surface area (Å²) in [6.07, 6.45) is 0. The highest BCUT2D eigenvalue weighted by Crippen LogP contribution is 2.23. The third-order valence-electron chi connectivity index (χ3n) is 2.61. The molecule has 98 valence electrons. The van der Waals surface area contributed by atoms with E-state index in [1.54, 1.807) is 11.0 Å². The third-order valence-corrected chi connectivity index (χ3v) is 2.61. The van der Waals surface area contributed by atoms with E-state index in [1.165, 1.54) is 0 Å². The standard InChI is InChI=1S/C11H11F2N3.C2H6/c12-9-6-11(10(13)5-8(9)7-14)16-3-1-15-2-4-16;1-2/h5-6,15H,1-4H2;1-2H3. The molecule has 1 aromatic rings. The smallest absolute Gasteiger partial charge is 0.148 e. The zero-order valence-corrected chi connectivity index (χ0v) is 10.6. The molecule has 5 heteroatoms. The monoisotopic (exact) mass is 253 g/mol. The molecule has 0 saturated carbocycles. The number of nitrogens with one attached hydrogen (secondary N) is 1. The molecule has 2 rings (SSSR count). The van der Waals surface area contributed by atoms with Crippen LogP contribution in [0.15, 0.2) is 12.1 Å². The first-order valence-corrected chi connectivity index (χ1v) is 6.07. The average molecular weight is 253 g/mol. The van der Waals surface area contributed by atoms with Crippen molar-refractivity contribution in [3.8, 4) is 6.07 Å². The van der Waals surface area contributed by atoms with Crippen LogP contribution in [0, 0.1) is 23.0 Å². The lowest BCUT2D eigenvalue weighted by Gasteiger charge is -2.29. The van der Waals surface area contributed by atoms with Crippen molar-refractivity contribution in [2.45, 2.75) is 13.8 Å². The van der Waals surface area contributed by atoms with Gasteiger partial charge in [-0.2, -0.15) is 5.26 Å². The van der Waals surface area contributed by atoms with E-state index in [-0.39, 0.29) is 11.3 Å². The van der Waals surface area contributed by atoms with E-state index in [0.29, 0.717) is 13.1 Å². The van der Waals surface area contributed by atoms with E-state index in [9.17, 15) is 8.78 Å². The number of hydrogen-bond acceptors (Lipinski definition) is 3. The predicted octanol–water partition coefficient (Wildman–Crippen LogP) is 2.27. The van der Waals surface area contributed by atoms with Gasteiger partial charge in [0.05, 0.1) is 11.3 Å². The number of anilines is 1. The van der Waals surface area contributed by atoms with Crippen LogP contribution in [0.25, 0.3) is 0 Å². The first-order valence-electron chi connectivity index (χ1n) is 6.07. The maximum Gasteiger partial charge on any atom is 0.148 e. The Labute approximate surface area is 106 Å². The highest BCUT2D eigenvalue weighted by Gasteiger charge is 2.17. The van der Waals surface area contributed by atoms with Crippen molar-refractivity contribution in [3.63, 3.8) is 0 Å². The molecule has 1 N–H and O–H groups in total. The van der Waals surface area contributed by atoms with Crippen LogP contribution in [-0.4, -0.2) is 26.2 Å². The molecule has 0 aromatic heterocycles. The lowest BCUT2D eigenvalue weighted by molar-refractivity contribution is 0.557. The van der Waals surface area contributed by atoms with Crippen LogP contribution in [-0.2, 0) is 0 Å². The Morgan fingerprint density at radius 3 is 2.33 bits per heavy atom. The van der Waals surface area contributed by atoms with Gasteiger partial charge in [0, 0.05) is 32.2 Å². The minimum atomic E-state index is -0.669. The van der Waals surface area contributed by atoms with E-state index in [0.717, 1.165) is 25.2 Å². The van der Waals surface area contributed by atoms with Crippen molar-refractivity contribution in [2.24, 2.45) is 0 Å². The Kier molecular flexibility index (Phi) is 5.53. The summed E-state index contributed by atoms with van der Waals surface area (Å²) in [6, 6.07) is 3.67. The average Bonchev–Trinajstić information content (AvgIpc) is 2.44. The van der Waals surface area contributed by atoms with E-state index >= 15 is 0 Å². The van der Waals surface area contributed by atoms with Crippen LogP contribution in [0.2, 0.25) is 0 Å². The maximum absolute atomic E-state index is 13.6. The molecule has 1 aromatic carbocycles. The largest absolute Gasteiger partial charge is 0.367 e. The first-order chi connectivity index (χ1) is 8.72. The van der Waals surface area contributed by atoms with Crippen molar-refractivity contribution in [1.82, 2.24) is 5.32 Å². The van der Waals surface area contributed by atoms with Gasteiger partial charge in [0.25, 0.3) is 0 Å². The highest BCUT2D eigenvalue weighted by atomic mass is 19.1. The molecule has 1 heterocycles. The van der Waals surface area contributed by atoms with Gasteiger partial charge in [-0.3, -0.25) is 0 Å². The number of benzene rings is 1. The van der Waals surface area contributed by atoms with E-state index in [1.807, 2.05) is 13.8 Å². The fraction of sp³-hybridized carbons (Fsp3) is 0.462. The highest BCUT2D eigenvalue weighted by molar-refractivity contribution is 5.52. The van der Waals surface area contributed by atoms with Gasteiger partial charge in [0.1, 0.15) is 17.7 Å². The fourth-order valence-electron chi connectivity index (χ4n) is 1.77. The Morgan fingerprint density at radius 1 is 1.17 bits per heavy atom. The lowest BCUT2D eigenvalue weighted by atomic mass is 10.1. The molecular formula is C13H17F2N3. The normalized spacial score (nSPS) is 14.5. The SMILES string of the molecule is CC.N#Cc1cc(F)c(N2CCNCC2)cc1F. The number of rotatable bonds is 1. The Balaban J connectivity index is 0.000000771. The number of nitrogens with zero attached hydrogens (tertiary/aromatic N) is 2. The molecule has 1 fully saturated rings. The van der Waals surface area contributed by atoms with Crippen LogP contribution >= 0.6 is 0 Å². The summed E-state index contributed by atoms with van der Waals surface area (Å²) in [6.45, 7) is 6.78. The molecular weight excluding hydrogens is 236 g/mol. The third kappa shape index (κ3) is 3.17. The number of nitriles is 1. The second-order valence-corrected chi connectivity index (χ2v) is 3.63. The van der Waals surface area contributed by atoms with E-state index < -0.39 is 11.6 Å². The molecule has 0 aliphatic carbocycles. The summed E-state index contributed by atoms with van der Waals surface area (Å²) in [5, 5.41) is 11.7. The van der Waals surface area contributed by atoms with Crippen molar-refractivity contribution >= 4 is 5.69 Å². The Bertz CT molecular complexity index is 435. The summed E-state index contributed by atoms with van der Waals surface area (Å²) in [5.74, 6) is -1.21. The van der Waals surface area contributed by atoms with Gasteiger partial charge in [0.15, 0.2) is 0 Å². The predicted molar refractivity (Wildman–Crippen MR) is 67.5 cm³/mol. The first kappa shape index (κ1) is 14.4. The van der Waals surface area contributed by atoms with Crippen molar-refractivity contribution < 1.29 is 8.78 Å². The number of hydrogen-bond donors (Lipinski definition) is 1. The van der Waals surface area contributed by atoms with E-state index in [4.69, 9.17) is 5.26 Å². The Morgan fingerprint density at radius 2 is 1.78 bits per heavy atom. The lowest BCUT2D eigenvalue weighted by Crippen LogP contribution is -2.43. The van der Waals surface area contributed by atoms with Crippen LogP contribution in [0.5, 0.6) is 0 Å². The molecule has 0 amide bonds. The van der Waals surface area contributed by atoms with Gasteiger partial charge in [-0.15, -0.1) is 0 Å². The summed E-state index contributed by atoms with van der Waals surface area (Å²) in [5.41, 5.74) is -0.0191. The molecule has 0 unspecified atom stereocenters. The van der Waals surface area contributed by atoms with Gasteiger partial charge in [-0.05, 0) is 6.07 Å². The maximum atomic E-state index is 13.6. The molecule has 1 aliphatic heterocycles. The molecule has 0 atom stereocenters. The second-order valence-electron chi connectivity index (χ2n) is 3.63. The van der Waals surface area contributed by atoms with Crippen molar-refractivity contribution in [3.05, 3.63) is 29.3 Å². The van der Waals surface area contributed by atoms with Gasteiger partial charge in [-0.1, -0.05) is 13.8 Å². The van der Waals surface area contributed by atoms with Gasteiger partial charge >= 0.3 is 0 Å². The molecule has 0 spiro atoms. The zero-order chi connectivity index (χ0) is 13.5. The number of piperazine rings is 1. The van der Waals surface area contributed by atoms with Crippen molar-refractivity contribution in [1.29, 1.82) is 5.26 Å². The molecule has 18 heavy (non-hydrogen) atoms. The second kappa shape index (κ2) is 6.92. The number of halogens is 2. The summed E-state index contributed by atoms with van der Waals surface area (Å²) < 4.78 is 27.0. The quantitative estimate of drug-likeness (QED) is 0.834. The van der Waals surface area contributed by atoms with Crippen LogP contribution in [0.4, 0.5) is 14.5 Å². The molecule has 1 saturated heterocycles. The van der Waals surface area contributed by atoms with E-state index in [2.05, 4.69) is 5.32 Å². The van der Waals surface area contributed by atoms with Crippen LogP contribution < -0.4 is 10.2 Å². The summed E-state index contributed by atoms with van der Waals surface area (Å²) in [7, 11) is 0. The molecule has 3 nitrogen and oxygen atoms in total. The molecule has 0 bridgehead atoms. The molecule has 1 aliphatic rings. The minimum Gasteiger partial charge on any atom is -0.367 e. The van der Waals surface area contributed by atoms with Gasteiger partial charge < -0.3 is 10.2 Å². The Hall–Kier alpha value is -1.67. The fourth-order valence-corrected chi connectivity index (χ4v) is 1.77. The summed E-state index contributed by atoms with van der Waals surface area (Å²) in [4.78, 5) is 1.77. The summed E-state index contributed by atoms with van der Waals surface area (Å²) >= 11 is 0. The minimum absolute atomic E-state index is 0.234. The topological polar surface area (TPSA) is 39.1 Å².